The second-order valence-corrected chi connectivity index (χ2v) is 3.69. The predicted octanol–water partition coefficient (Wildman–Crippen LogP) is 2.79. The normalized spacial score (nSPS) is 10.2. The van der Waals surface area contributed by atoms with Crippen molar-refractivity contribution in [2.45, 2.75) is 20.8 Å². The van der Waals surface area contributed by atoms with Gasteiger partial charge in [0.2, 0.25) is 0 Å². The fourth-order valence-corrected chi connectivity index (χ4v) is 1.43. The first-order chi connectivity index (χ1) is 6.97. The summed E-state index contributed by atoms with van der Waals surface area (Å²) in [6.45, 7) is 5.93. The highest BCUT2D eigenvalue weighted by atomic mass is 19.1. The molecule has 0 spiro atoms. The molecule has 0 unspecified atom stereocenters. The minimum atomic E-state index is -0.326. The lowest BCUT2D eigenvalue weighted by Gasteiger charge is -2.20. The van der Waals surface area contributed by atoms with Gasteiger partial charge < -0.3 is 4.90 Å². The summed E-state index contributed by atoms with van der Waals surface area (Å²) in [5.41, 5.74) is 1.81. The summed E-state index contributed by atoms with van der Waals surface area (Å²) < 4.78 is 13.3. The zero-order valence-electron chi connectivity index (χ0n) is 9.60. The molecule has 0 N–H and O–H groups in total. The van der Waals surface area contributed by atoms with Gasteiger partial charge >= 0.3 is 0 Å². The van der Waals surface area contributed by atoms with Crippen molar-refractivity contribution in [2.75, 3.05) is 18.5 Å². The fourth-order valence-electron chi connectivity index (χ4n) is 1.43. The molecule has 2 nitrogen and oxygen atoms in total. The molecule has 0 aliphatic rings. The highest BCUT2D eigenvalue weighted by molar-refractivity contribution is 5.99. The SMILES string of the molecule is CCN(C)c1cc(C)c(F)cc1C(C)=O. The van der Waals surface area contributed by atoms with Crippen molar-refractivity contribution in [1.82, 2.24) is 0 Å². The molecule has 1 aromatic rings. The Kier molecular flexibility index (Phi) is 3.45. The van der Waals surface area contributed by atoms with Gasteiger partial charge in [-0.15, -0.1) is 0 Å². The number of aryl methyl sites for hydroxylation is 1. The number of rotatable bonds is 3. The maximum atomic E-state index is 13.3. The lowest BCUT2D eigenvalue weighted by Crippen LogP contribution is -2.19. The van der Waals surface area contributed by atoms with Crippen LogP contribution in [0, 0.1) is 12.7 Å². The second kappa shape index (κ2) is 4.43. The molecule has 0 fully saturated rings. The van der Waals surface area contributed by atoms with Gasteiger partial charge in [0.1, 0.15) is 5.82 Å². The second-order valence-electron chi connectivity index (χ2n) is 3.69. The summed E-state index contributed by atoms with van der Waals surface area (Å²) in [5.74, 6) is -0.433. The molecule has 1 rings (SSSR count). The van der Waals surface area contributed by atoms with E-state index in [0.717, 1.165) is 12.2 Å². The molecule has 3 heteroatoms. The van der Waals surface area contributed by atoms with E-state index in [0.29, 0.717) is 11.1 Å². The third kappa shape index (κ3) is 2.35. The van der Waals surface area contributed by atoms with E-state index in [-0.39, 0.29) is 11.6 Å². The number of anilines is 1. The monoisotopic (exact) mass is 209 g/mol. The van der Waals surface area contributed by atoms with E-state index in [1.54, 1.807) is 13.0 Å². The van der Waals surface area contributed by atoms with E-state index in [9.17, 15) is 9.18 Å². The molecule has 0 amide bonds. The summed E-state index contributed by atoms with van der Waals surface area (Å²) in [4.78, 5) is 13.3. The van der Waals surface area contributed by atoms with Crippen LogP contribution in [0.5, 0.6) is 0 Å². The Hall–Kier alpha value is -1.38. The molecule has 0 aliphatic heterocycles. The molecule has 0 heterocycles. The van der Waals surface area contributed by atoms with Crippen molar-refractivity contribution < 1.29 is 9.18 Å². The largest absolute Gasteiger partial charge is 0.374 e. The molecule has 0 bridgehead atoms. The molecule has 0 saturated carbocycles. The van der Waals surface area contributed by atoms with E-state index in [1.807, 2.05) is 18.9 Å². The first-order valence-electron chi connectivity index (χ1n) is 4.99. The predicted molar refractivity (Wildman–Crippen MR) is 60.1 cm³/mol. The number of nitrogens with zero attached hydrogens (tertiary/aromatic N) is 1. The number of benzene rings is 1. The third-order valence-corrected chi connectivity index (χ3v) is 2.54. The van der Waals surface area contributed by atoms with Gasteiger partial charge in [-0.1, -0.05) is 0 Å². The average Bonchev–Trinajstić information content (AvgIpc) is 2.20. The molecule has 0 radical (unpaired) electrons. The summed E-state index contributed by atoms with van der Waals surface area (Å²) in [6, 6.07) is 3.04. The fraction of sp³-hybridized carbons (Fsp3) is 0.417. The van der Waals surface area contributed by atoms with Gasteiger partial charge in [-0.05, 0) is 38.5 Å². The summed E-state index contributed by atoms with van der Waals surface area (Å²) in [6.07, 6.45) is 0. The molecular formula is C12H16FNO. The van der Waals surface area contributed by atoms with E-state index in [4.69, 9.17) is 0 Å². The topological polar surface area (TPSA) is 20.3 Å². The van der Waals surface area contributed by atoms with Crippen molar-refractivity contribution in [3.8, 4) is 0 Å². The van der Waals surface area contributed by atoms with E-state index >= 15 is 0 Å². The number of hydrogen-bond acceptors (Lipinski definition) is 2. The number of ketones is 1. The van der Waals surface area contributed by atoms with Crippen molar-refractivity contribution in [3.63, 3.8) is 0 Å². The lowest BCUT2D eigenvalue weighted by molar-refractivity contribution is 0.101. The molecular weight excluding hydrogens is 193 g/mol. The van der Waals surface area contributed by atoms with Crippen LogP contribution in [0.25, 0.3) is 0 Å². The van der Waals surface area contributed by atoms with Crippen molar-refractivity contribution >= 4 is 11.5 Å². The Bertz CT molecular complexity index is 387. The van der Waals surface area contributed by atoms with Crippen LogP contribution in [-0.2, 0) is 0 Å². The molecule has 0 saturated heterocycles. The van der Waals surface area contributed by atoms with Gasteiger partial charge in [0.05, 0.1) is 0 Å². The third-order valence-electron chi connectivity index (χ3n) is 2.54. The van der Waals surface area contributed by atoms with Crippen LogP contribution in [0.4, 0.5) is 10.1 Å². The van der Waals surface area contributed by atoms with E-state index in [1.165, 1.54) is 13.0 Å². The van der Waals surface area contributed by atoms with Gasteiger partial charge in [-0.2, -0.15) is 0 Å². The van der Waals surface area contributed by atoms with Crippen molar-refractivity contribution in [2.24, 2.45) is 0 Å². The zero-order valence-corrected chi connectivity index (χ0v) is 9.60. The molecule has 0 aromatic heterocycles. The van der Waals surface area contributed by atoms with Gasteiger partial charge in [0.25, 0.3) is 0 Å². The molecule has 0 atom stereocenters. The van der Waals surface area contributed by atoms with Crippen molar-refractivity contribution in [3.05, 3.63) is 29.1 Å². The van der Waals surface area contributed by atoms with Gasteiger partial charge in [-0.25, -0.2) is 4.39 Å². The van der Waals surface area contributed by atoms with Crippen LogP contribution in [-0.4, -0.2) is 19.4 Å². The van der Waals surface area contributed by atoms with Crippen LogP contribution in [0.1, 0.15) is 29.8 Å². The smallest absolute Gasteiger partial charge is 0.161 e. The Labute approximate surface area is 89.7 Å². The Morgan fingerprint density at radius 1 is 1.47 bits per heavy atom. The maximum absolute atomic E-state index is 13.3. The minimum Gasteiger partial charge on any atom is -0.374 e. The van der Waals surface area contributed by atoms with Crippen LogP contribution >= 0.6 is 0 Å². The van der Waals surface area contributed by atoms with Gasteiger partial charge in [-0.3, -0.25) is 4.79 Å². The van der Waals surface area contributed by atoms with Gasteiger partial charge in [0, 0.05) is 24.8 Å². The minimum absolute atomic E-state index is 0.107. The molecule has 15 heavy (non-hydrogen) atoms. The highest BCUT2D eigenvalue weighted by Gasteiger charge is 2.13. The Morgan fingerprint density at radius 3 is 2.53 bits per heavy atom. The Morgan fingerprint density at radius 2 is 2.07 bits per heavy atom. The molecule has 82 valence electrons. The van der Waals surface area contributed by atoms with Crippen molar-refractivity contribution in [1.29, 1.82) is 0 Å². The number of Topliss-reactive ketones (excluding diaryl/α,β-unsaturated/α-hetero) is 1. The molecule has 0 aliphatic carbocycles. The summed E-state index contributed by atoms with van der Waals surface area (Å²) in [7, 11) is 1.89. The number of carbonyl (C=O) groups excluding carboxylic acids is 1. The average molecular weight is 209 g/mol. The highest BCUT2D eigenvalue weighted by Crippen LogP contribution is 2.23. The van der Waals surface area contributed by atoms with Crippen LogP contribution < -0.4 is 4.90 Å². The van der Waals surface area contributed by atoms with Crippen LogP contribution in [0.2, 0.25) is 0 Å². The maximum Gasteiger partial charge on any atom is 0.161 e. The number of carbonyl (C=O) groups is 1. The Balaban J connectivity index is 3.34. The van der Waals surface area contributed by atoms with E-state index < -0.39 is 0 Å². The van der Waals surface area contributed by atoms with E-state index in [2.05, 4.69) is 0 Å². The zero-order chi connectivity index (χ0) is 11.6. The number of hydrogen-bond donors (Lipinski definition) is 0. The standard InChI is InChI=1S/C12H16FNO/c1-5-14(4)12-6-8(2)11(13)7-10(12)9(3)15/h6-7H,5H2,1-4H3. The van der Waals surface area contributed by atoms with Crippen LogP contribution in [0.15, 0.2) is 12.1 Å². The quantitative estimate of drug-likeness (QED) is 0.713. The number of halogens is 1. The summed E-state index contributed by atoms with van der Waals surface area (Å²) >= 11 is 0. The summed E-state index contributed by atoms with van der Waals surface area (Å²) in [5, 5.41) is 0. The van der Waals surface area contributed by atoms with Gasteiger partial charge in [0.15, 0.2) is 5.78 Å². The first-order valence-corrected chi connectivity index (χ1v) is 4.99. The van der Waals surface area contributed by atoms with Crippen LogP contribution in [0.3, 0.4) is 0 Å². The first kappa shape index (κ1) is 11.7. The lowest BCUT2D eigenvalue weighted by atomic mass is 10.1. The molecule has 1 aromatic carbocycles.